The van der Waals surface area contributed by atoms with Gasteiger partial charge in [-0.2, -0.15) is 0 Å². The fourth-order valence-corrected chi connectivity index (χ4v) is 2.34. The van der Waals surface area contributed by atoms with Crippen LogP contribution >= 0.6 is 11.6 Å². The number of hydrogen-bond acceptors (Lipinski definition) is 4. The standard InChI is InChI=1S/C13H16BClO4/c1-12(2)13(3,4)19-14(18-12)8-5-6-9(15)11-10(8)16-7-17-11/h5-6H,7H2,1-4H3. The van der Waals surface area contributed by atoms with Crippen LogP contribution in [0.2, 0.25) is 5.02 Å². The Hall–Kier alpha value is -0.905. The van der Waals surface area contributed by atoms with Gasteiger partial charge in [0.15, 0.2) is 11.5 Å². The van der Waals surface area contributed by atoms with Gasteiger partial charge in [-0.1, -0.05) is 17.7 Å². The molecule has 0 bridgehead atoms. The van der Waals surface area contributed by atoms with Gasteiger partial charge < -0.3 is 18.8 Å². The number of hydrogen-bond donors (Lipinski definition) is 0. The van der Waals surface area contributed by atoms with E-state index in [2.05, 4.69) is 0 Å². The van der Waals surface area contributed by atoms with Crippen molar-refractivity contribution in [3.05, 3.63) is 17.2 Å². The fourth-order valence-electron chi connectivity index (χ4n) is 2.14. The van der Waals surface area contributed by atoms with E-state index < -0.39 is 7.12 Å². The van der Waals surface area contributed by atoms with Gasteiger partial charge >= 0.3 is 7.12 Å². The Morgan fingerprint density at radius 2 is 1.58 bits per heavy atom. The zero-order valence-electron chi connectivity index (χ0n) is 11.5. The largest absolute Gasteiger partial charge is 0.498 e. The summed E-state index contributed by atoms with van der Waals surface area (Å²) in [6, 6.07) is 3.63. The molecule has 0 radical (unpaired) electrons. The molecule has 1 saturated heterocycles. The van der Waals surface area contributed by atoms with Crippen molar-refractivity contribution in [3.8, 4) is 11.5 Å². The average Bonchev–Trinajstić information content (AvgIpc) is 2.84. The predicted molar refractivity (Wildman–Crippen MR) is 73.3 cm³/mol. The van der Waals surface area contributed by atoms with Crippen molar-refractivity contribution < 1.29 is 18.8 Å². The predicted octanol–water partition coefficient (Wildman–Crippen LogP) is 2.37. The summed E-state index contributed by atoms with van der Waals surface area (Å²) in [5, 5.41) is 0.535. The van der Waals surface area contributed by atoms with Gasteiger partial charge in [0.2, 0.25) is 6.79 Å². The Balaban J connectivity index is 2.00. The van der Waals surface area contributed by atoms with Crippen LogP contribution in [0.15, 0.2) is 12.1 Å². The summed E-state index contributed by atoms with van der Waals surface area (Å²) < 4.78 is 22.9. The van der Waals surface area contributed by atoms with Crippen LogP contribution < -0.4 is 14.9 Å². The second kappa shape index (κ2) is 4.04. The molecule has 0 unspecified atom stereocenters. The van der Waals surface area contributed by atoms with E-state index in [1.54, 1.807) is 6.07 Å². The molecule has 102 valence electrons. The zero-order chi connectivity index (χ0) is 13.8. The van der Waals surface area contributed by atoms with Gasteiger partial charge in [0.05, 0.1) is 16.2 Å². The highest BCUT2D eigenvalue weighted by atomic mass is 35.5. The fraction of sp³-hybridized carbons (Fsp3) is 0.538. The van der Waals surface area contributed by atoms with Crippen molar-refractivity contribution in [1.82, 2.24) is 0 Å². The van der Waals surface area contributed by atoms with Crippen LogP contribution in [-0.4, -0.2) is 25.1 Å². The summed E-state index contributed by atoms with van der Waals surface area (Å²) in [5.41, 5.74) is 0.0448. The van der Waals surface area contributed by atoms with Gasteiger partial charge in [0, 0.05) is 5.46 Å². The van der Waals surface area contributed by atoms with Crippen molar-refractivity contribution in [2.45, 2.75) is 38.9 Å². The molecule has 0 spiro atoms. The summed E-state index contributed by atoms with van der Waals surface area (Å²) in [5.74, 6) is 1.18. The van der Waals surface area contributed by atoms with Crippen LogP contribution in [-0.2, 0) is 9.31 Å². The minimum Gasteiger partial charge on any atom is -0.454 e. The molecule has 2 aliphatic heterocycles. The van der Waals surface area contributed by atoms with Crippen molar-refractivity contribution in [1.29, 1.82) is 0 Å². The third-order valence-corrected chi connectivity index (χ3v) is 4.31. The normalized spacial score (nSPS) is 22.9. The molecule has 6 heteroatoms. The summed E-state index contributed by atoms with van der Waals surface area (Å²) >= 11 is 6.07. The van der Waals surface area contributed by atoms with E-state index in [4.69, 9.17) is 30.4 Å². The lowest BCUT2D eigenvalue weighted by Crippen LogP contribution is -2.41. The number of rotatable bonds is 1. The van der Waals surface area contributed by atoms with Gasteiger partial charge in [-0.3, -0.25) is 0 Å². The molecule has 0 saturated carbocycles. The maximum absolute atomic E-state index is 6.07. The van der Waals surface area contributed by atoms with Crippen LogP contribution in [0.1, 0.15) is 27.7 Å². The molecule has 2 heterocycles. The minimum atomic E-state index is -0.474. The van der Waals surface area contributed by atoms with Crippen molar-refractivity contribution in [2.24, 2.45) is 0 Å². The lowest BCUT2D eigenvalue weighted by molar-refractivity contribution is 0.00578. The van der Waals surface area contributed by atoms with E-state index in [0.717, 1.165) is 5.46 Å². The second-order valence-corrected chi connectivity index (χ2v) is 6.20. The minimum absolute atomic E-state index is 0.172. The van der Waals surface area contributed by atoms with E-state index in [0.29, 0.717) is 16.5 Å². The van der Waals surface area contributed by atoms with Crippen molar-refractivity contribution in [3.63, 3.8) is 0 Å². The number of ether oxygens (including phenoxy) is 2. The molecule has 1 aromatic carbocycles. The molecule has 1 aromatic rings. The van der Waals surface area contributed by atoms with Gasteiger partial charge in [0.25, 0.3) is 0 Å². The topological polar surface area (TPSA) is 36.9 Å². The summed E-state index contributed by atoms with van der Waals surface area (Å²) in [4.78, 5) is 0. The molecule has 0 N–H and O–H groups in total. The van der Waals surface area contributed by atoms with E-state index in [-0.39, 0.29) is 18.0 Å². The van der Waals surface area contributed by atoms with Crippen molar-refractivity contribution >= 4 is 24.2 Å². The molecule has 3 rings (SSSR count). The zero-order valence-corrected chi connectivity index (χ0v) is 12.2. The third-order valence-electron chi connectivity index (χ3n) is 4.01. The van der Waals surface area contributed by atoms with Gasteiger partial charge in [-0.25, -0.2) is 0 Å². The molecule has 1 fully saturated rings. The molecule has 0 amide bonds. The molecule has 4 nitrogen and oxygen atoms in total. The molecule has 0 aromatic heterocycles. The van der Waals surface area contributed by atoms with Crippen LogP contribution in [0.3, 0.4) is 0 Å². The van der Waals surface area contributed by atoms with E-state index in [9.17, 15) is 0 Å². The van der Waals surface area contributed by atoms with E-state index >= 15 is 0 Å². The first-order valence-electron chi connectivity index (χ1n) is 6.25. The molecule has 0 aliphatic carbocycles. The highest BCUT2D eigenvalue weighted by Crippen LogP contribution is 2.41. The monoisotopic (exact) mass is 282 g/mol. The molecular formula is C13H16BClO4. The van der Waals surface area contributed by atoms with Gasteiger partial charge in [-0.15, -0.1) is 0 Å². The second-order valence-electron chi connectivity index (χ2n) is 5.79. The maximum atomic E-state index is 6.07. The summed E-state index contributed by atoms with van der Waals surface area (Å²) in [6.45, 7) is 8.23. The first kappa shape index (κ1) is 13.1. The summed E-state index contributed by atoms with van der Waals surface area (Å²) in [7, 11) is -0.474. The van der Waals surface area contributed by atoms with E-state index in [1.165, 1.54) is 0 Å². The maximum Gasteiger partial charge on any atom is 0.498 e. The number of fused-ring (bicyclic) bond motifs is 1. The Bertz CT molecular complexity index is 514. The quantitative estimate of drug-likeness (QED) is 0.741. The van der Waals surface area contributed by atoms with Crippen LogP contribution in [0.25, 0.3) is 0 Å². The highest BCUT2D eigenvalue weighted by molar-refractivity contribution is 6.63. The lowest BCUT2D eigenvalue weighted by Gasteiger charge is -2.32. The van der Waals surface area contributed by atoms with Gasteiger partial charge in [-0.05, 0) is 33.8 Å². The third kappa shape index (κ3) is 1.92. The first-order chi connectivity index (χ1) is 8.82. The molecule has 2 aliphatic rings. The molecule has 0 atom stereocenters. The Morgan fingerprint density at radius 3 is 2.21 bits per heavy atom. The SMILES string of the molecule is CC1(C)OB(c2ccc(Cl)c3c2OCO3)OC1(C)C. The first-order valence-corrected chi connectivity index (χ1v) is 6.63. The van der Waals surface area contributed by atoms with Crippen LogP contribution in [0.5, 0.6) is 11.5 Å². The van der Waals surface area contributed by atoms with Crippen molar-refractivity contribution in [2.75, 3.05) is 6.79 Å². The molecule has 19 heavy (non-hydrogen) atoms. The Kier molecular flexibility index (Phi) is 2.79. The van der Waals surface area contributed by atoms with Crippen LogP contribution in [0, 0.1) is 0 Å². The lowest BCUT2D eigenvalue weighted by atomic mass is 9.78. The highest BCUT2D eigenvalue weighted by Gasteiger charge is 2.53. The summed E-state index contributed by atoms with van der Waals surface area (Å²) in [6.07, 6.45) is 0. The Labute approximate surface area is 118 Å². The van der Waals surface area contributed by atoms with E-state index in [1.807, 2.05) is 33.8 Å². The van der Waals surface area contributed by atoms with Crippen LogP contribution in [0.4, 0.5) is 0 Å². The molecular weight excluding hydrogens is 266 g/mol. The smallest absolute Gasteiger partial charge is 0.454 e. The van der Waals surface area contributed by atoms with Gasteiger partial charge in [0.1, 0.15) is 0 Å². The number of benzene rings is 1. The average molecular weight is 283 g/mol. The number of halogens is 1. The Morgan fingerprint density at radius 1 is 1.00 bits per heavy atom.